The van der Waals surface area contributed by atoms with Crippen LogP contribution >= 0.6 is 0 Å². The van der Waals surface area contributed by atoms with E-state index in [2.05, 4.69) is 15.3 Å². The zero-order chi connectivity index (χ0) is 13.9. The number of hydrogen-bond donors (Lipinski definition) is 3. The van der Waals surface area contributed by atoms with E-state index < -0.39 is 0 Å². The molecule has 0 aliphatic rings. The van der Waals surface area contributed by atoms with E-state index in [-0.39, 0.29) is 0 Å². The van der Waals surface area contributed by atoms with Crippen LogP contribution in [0.4, 0.5) is 17.3 Å². The van der Waals surface area contributed by atoms with Gasteiger partial charge < -0.3 is 20.8 Å². The molecule has 0 unspecified atom stereocenters. The smallest absolute Gasteiger partial charge is 0.205 e. The number of methoxy groups -OCH3 is 1. The zero-order valence-electron chi connectivity index (χ0n) is 11.2. The standard InChI is InChI=1S/C15H16N4O/c1-20-9-10-4-2-3-5-12(10)17-15-18-13-7-6-11(16)8-14(13)19-15/h2-8H,9,16H2,1H3,(H2,17,18,19). The third-order valence-electron chi connectivity index (χ3n) is 3.08. The molecule has 3 rings (SSSR count). The number of nitrogens with two attached hydrogens (primary N) is 1. The van der Waals surface area contributed by atoms with Gasteiger partial charge in [0.25, 0.3) is 0 Å². The van der Waals surface area contributed by atoms with E-state index >= 15 is 0 Å². The summed E-state index contributed by atoms with van der Waals surface area (Å²) in [6.45, 7) is 0.552. The zero-order valence-corrected chi connectivity index (χ0v) is 11.2. The molecule has 102 valence electrons. The number of fused-ring (bicyclic) bond motifs is 1. The summed E-state index contributed by atoms with van der Waals surface area (Å²) < 4.78 is 5.19. The Labute approximate surface area is 116 Å². The lowest BCUT2D eigenvalue weighted by molar-refractivity contribution is 0.185. The number of aromatic nitrogens is 2. The fourth-order valence-electron chi connectivity index (χ4n) is 2.14. The summed E-state index contributed by atoms with van der Waals surface area (Å²) >= 11 is 0. The molecule has 0 radical (unpaired) electrons. The number of rotatable bonds is 4. The van der Waals surface area contributed by atoms with Gasteiger partial charge in [0.2, 0.25) is 5.95 Å². The van der Waals surface area contributed by atoms with Crippen molar-refractivity contribution in [3.8, 4) is 0 Å². The van der Waals surface area contributed by atoms with Gasteiger partial charge in [0.05, 0.1) is 17.6 Å². The molecule has 0 atom stereocenters. The van der Waals surface area contributed by atoms with Gasteiger partial charge in [-0.05, 0) is 24.3 Å². The summed E-state index contributed by atoms with van der Waals surface area (Å²) in [5, 5.41) is 3.28. The number of ether oxygens (including phenoxy) is 1. The normalized spacial score (nSPS) is 10.8. The first-order chi connectivity index (χ1) is 9.76. The third kappa shape index (κ3) is 2.44. The van der Waals surface area contributed by atoms with Crippen LogP contribution in [-0.2, 0) is 11.3 Å². The van der Waals surface area contributed by atoms with Crippen LogP contribution in [0.15, 0.2) is 42.5 Å². The fourth-order valence-corrected chi connectivity index (χ4v) is 2.14. The first-order valence-corrected chi connectivity index (χ1v) is 6.35. The quantitative estimate of drug-likeness (QED) is 0.636. The van der Waals surface area contributed by atoms with Gasteiger partial charge in [-0.25, -0.2) is 4.98 Å². The monoisotopic (exact) mass is 268 g/mol. The van der Waals surface area contributed by atoms with Gasteiger partial charge in [0, 0.05) is 24.0 Å². The number of nitrogens with zero attached hydrogens (tertiary/aromatic N) is 1. The van der Waals surface area contributed by atoms with Crippen molar-refractivity contribution in [3.63, 3.8) is 0 Å². The van der Waals surface area contributed by atoms with Crippen molar-refractivity contribution in [2.75, 3.05) is 18.2 Å². The van der Waals surface area contributed by atoms with Crippen LogP contribution in [0, 0.1) is 0 Å². The van der Waals surface area contributed by atoms with Crippen LogP contribution < -0.4 is 11.1 Å². The van der Waals surface area contributed by atoms with Crippen molar-refractivity contribution in [3.05, 3.63) is 48.0 Å². The minimum absolute atomic E-state index is 0.552. The predicted molar refractivity (Wildman–Crippen MR) is 80.9 cm³/mol. The van der Waals surface area contributed by atoms with Crippen molar-refractivity contribution in [1.82, 2.24) is 9.97 Å². The molecule has 5 heteroatoms. The maximum atomic E-state index is 5.76. The van der Waals surface area contributed by atoms with Crippen molar-refractivity contribution < 1.29 is 4.74 Å². The van der Waals surface area contributed by atoms with Gasteiger partial charge in [-0.3, -0.25) is 0 Å². The van der Waals surface area contributed by atoms with Crippen LogP contribution in [0.1, 0.15) is 5.56 Å². The number of hydrogen-bond acceptors (Lipinski definition) is 4. The van der Waals surface area contributed by atoms with E-state index in [1.54, 1.807) is 7.11 Å². The minimum Gasteiger partial charge on any atom is -0.399 e. The van der Waals surface area contributed by atoms with Crippen LogP contribution in [0.3, 0.4) is 0 Å². The Morgan fingerprint density at radius 3 is 2.95 bits per heavy atom. The molecule has 0 bridgehead atoms. The molecule has 0 amide bonds. The second-order valence-electron chi connectivity index (χ2n) is 4.58. The fraction of sp³-hybridized carbons (Fsp3) is 0.133. The highest BCUT2D eigenvalue weighted by Crippen LogP contribution is 2.22. The van der Waals surface area contributed by atoms with E-state index in [4.69, 9.17) is 10.5 Å². The molecule has 3 aromatic rings. The van der Waals surface area contributed by atoms with Crippen LogP contribution in [-0.4, -0.2) is 17.1 Å². The number of para-hydroxylation sites is 1. The number of anilines is 3. The van der Waals surface area contributed by atoms with Gasteiger partial charge in [0.1, 0.15) is 0 Å². The second kappa shape index (κ2) is 5.22. The SMILES string of the molecule is COCc1ccccc1Nc1nc2ccc(N)cc2[nH]1. The molecule has 20 heavy (non-hydrogen) atoms. The van der Waals surface area contributed by atoms with E-state index in [1.807, 2.05) is 42.5 Å². The lowest BCUT2D eigenvalue weighted by Gasteiger charge is -2.08. The number of nitrogens with one attached hydrogen (secondary N) is 2. The first kappa shape index (κ1) is 12.5. The average molecular weight is 268 g/mol. The summed E-state index contributed by atoms with van der Waals surface area (Å²) in [6.07, 6.45) is 0. The molecule has 0 aliphatic heterocycles. The van der Waals surface area contributed by atoms with Gasteiger partial charge in [-0.1, -0.05) is 18.2 Å². The summed E-state index contributed by atoms with van der Waals surface area (Å²) in [6, 6.07) is 13.6. The predicted octanol–water partition coefficient (Wildman–Crippen LogP) is 3.04. The highest BCUT2D eigenvalue weighted by atomic mass is 16.5. The van der Waals surface area contributed by atoms with Gasteiger partial charge in [0.15, 0.2) is 0 Å². The summed E-state index contributed by atoms with van der Waals surface area (Å²) in [5.41, 5.74) is 10.3. The topological polar surface area (TPSA) is 76.0 Å². The summed E-state index contributed by atoms with van der Waals surface area (Å²) in [4.78, 5) is 7.70. The van der Waals surface area contributed by atoms with Crippen molar-refractivity contribution in [1.29, 1.82) is 0 Å². The van der Waals surface area contributed by atoms with Gasteiger partial charge in [-0.2, -0.15) is 0 Å². The van der Waals surface area contributed by atoms with Crippen LogP contribution in [0.5, 0.6) is 0 Å². The molecule has 0 fully saturated rings. The molecule has 1 aromatic heterocycles. The lowest BCUT2D eigenvalue weighted by atomic mass is 10.2. The number of benzene rings is 2. The number of aromatic amines is 1. The molecular weight excluding hydrogens is 252 g/mol. The highest BCUT2D eigenvalue weighted by molar-refractivity contribution is 5.81. The van der Waals surface area contributed by atoms with Gasteiger partial charge in [-0.15, -0.1) is 0 Å². The first-order valence-electron chi connectivity index (χ1n) is 6.35. The Kier molecular flexibility index (Phi) is 3.26. The largest absolute Gasteiger partial charge is 0.399 e. The number of H-pyrrole nitrogens is 1. The molecule has 4 N–H and O–H groups in total. The minimum atomic E-state index is 0.552. The molecule has 1 heterocycles. The average Bonchev–Trinajstić information content (AvgIpc) is 2.82. The van der Waals surface area contributed by atoms with Crippen molar-refractivity contribution in [2.24, 2.45) is 0 Å². The Morgan fingerprint density at radius 2 is 2.10 bits per heavy atom. The van der Waals surface area contributed by atoms with E-state index in [0.29, 0.717) is 18.2 Å². The maximum absolute atomic E-state index is 5.76. The summed E-state index contributed by atoms with van der Waals surface area (Å²) in [7, 11) is 1.68. The van der Waals surface area contributed by atoms with Crippen molar-refractivity contribution >= 4 is 28.4 Å². The number of imidazole rings is 1. The van der Waals surface area contributed by atoms with Crippen molar-refractivity contribution in [2.45, 2.75) is 6.61 Å². The van der Waals surface area contributed by atoms with E-state index in [1.165, 1.54) is 0 Å². The molecule has 5 nitrogen and oxygen atoms in total. The molecular formula is C15H16N4O. The van der Waals surface area contributed by atoms with Gasteiger partial charge >= 0.3 is 0 Å². The Morgan fingerprint density at radius 1 is 1.25 bits per heavy atom. The lowest BCUT2D eigenvalue weighted by Crippen LogP contribution is -1.98. The highest BCUT2D eigenvalue weighted by Gasteiger charge is 2.06. The van der Waals surface area contributed by atoms with E-state index in [0.717, 1.165) is 22.3 Å². The molecule has 0 saturated heterocycles. The molecule has 2 aromatic carbocycles. The van der Waals surface area contributed by atoms with Crippen LogP contribution in [0.2, 0.25) is 0 Å². The third-order valence-corrected chi connectivity index (χ3v) is 3.08. The Hall–Kier alpha value is -2.53. The summed E-state index contributed by atoms with van der Waals surface area (Å²) in [5.74, 6) is 0.689. The second-order valence-corrected chi connectivity index (χ2v) is 4.58. The van der Waals surface area contributed by atoms with Crippen LogP contribution in [0.25, 0.3) is 11.0 Å². The molecule has 0 spiro atoms. The Balaban J connectivity index is 1.93. The van der Waals surface area contributed by atoms with E-state index in [9.17, 15) is 0 Å². The molecule has 0 aliphatic carbocycles. The Bertz CT molecular complexity index is 736. The maximum Gasteiger partial charge on any atom is 0.205 e. The number of nitrogen functional groups attached to an aromatic ring is 1. The molecule has 0 saturated carbocycles.